The second-order valence-electron chi connectivity index (χ2n) is 4.86. The van der Waals surface area contributed by atoms with E-state index in [1.807, 2.05) is 0 Å². The minimum Gasteiger partial charge on any atom is -0.382 e. The van der Waals surface area contributed by atoms with Crippen LogP contribution in [0.3, 0.4) is 0 Å². The van der Waals surface area contributed by atoms with E-state index < -0.39 is 0 Å². The lowest BCUT2D eigenvalue weighted by molar-refractivity contribution is 0.0510. The van der Waals surface area contributed by atoms with Gasteiger partial charge in [0.1, 0.15) is 0 Å². The topological polar surface area (TPSA) is 39.7 Å². The van der Waals surface area contributed by atoms with Crippen LogP contribution in [0.5, 0.6) is 0 Å². The SMILES string of the molecule is COCCOCCCOCCCNC1CCCC1. The summed E-state index contributed by atoms with van der Waals surface area (Å²) in [7, 11) is 1.69. The normalized spacial score (nSPS) is 16.5. The molecule has 0 aromatic carbocycles. The molecule has 1 rings (SSSR count). The predicted octanol–water partition coefficient (Wildman–Crippen LogP) is 1.98. The predicted molar refractivity (Wildman–Crippen MR) is 73.0 cm³/mol. The summed E-state index contributed by atoms with van der Waals surface area (Å²) in [5.74, 6) is 0. The van der Waals surface area contributed by atoms with E-state index in [2.05, 4.69) is 5.32 Å². The standard InChI is InChI=1S/C14H29NO3/c1-16-12-13-18-11-5-10-17-9-4-8-15-14-6-2-3-7-14/h14-15H,2-13H2,1H3. The highest BCUT2D eigenvalue weighted by Gasteiger charge is 2.12. The third kappa shape index (κ3) is 8.86. The van der Waals surface area contributed by atoms with Crippen molar-refractivity contribution in [2.45, 2.75) is 44.6 Å². The first kappa shape index (κ1) is 15.9. The molecule has 0 aliphatic heterocycles. The first-order chi connectivity index (χ1) is 8.93. The number of rotatable bonds is 12. The first-order valence-corrected chi connectivity index (χ1v) is 7.31. The number of hydrogen-bond donors (Lipinski definition) is 1. The largest absolute Gasteiger partial charge is 0.382 e. The smallest absolute Gasteiger partial charge is 0.0700 e. The van der Waals surface area contributed by atoms with Gasteiger partial charge in [-0.15, -0.1) is 0 Å². The van der Waals surface area contributed by atoms with Crippen LogP contribution in [0.15, 0.2) is 0 Å². The van der Waals surface area contributed by atoms with Crippen LogP contribution < -0.4 is 5.32 Å². The Labute approximate surface area is 111 Å². The minimum atomic E-state index is 0.674. The molecule has 1 aliphatic carbocycles. The third-order valence-electron chi connectivity index (χ3n) is 3.26. The van der Waals surface area contributed by atoms with E-state index in [0.29, 0.717) is 13.2 Å². The highest BCUT2D eigenvalue weighted by Crippen LogP contribution is 2.17. The van der Waals surface area contributed by atoms with Gasteiger partial charge in [-0.3, -0.25) is 0 Å². The molecule has 0 heterocycles. The Kier molecular flexibility index (Phi) is 10.5. The van der Waals surface area contributed by atoms with Gasteiger partial charge in [0.15, 0.2) is 0 Å². The molecule has 1 aliphatic rings. The van der Waals surface area contributed by atoms with Gasteiger partial charge >= 0.3 is 0 Å². The van der Waals surface area contributed by atoms with E-state index in [1.165, 1.54) is 25.7 Å². The van der Waals surface area contributed by atoms with Crippen molar-refractivity contribution in [2.75, 3.05) is 46.7 Å². The molecule has 0 spiro atoms. The number of nitrogens with one attached hydrogen (secondary N) is 1. The molecule has 4 nitrogen and oxygen atoms in total. The lowest BCUT2D eigenvalue weighted by Crippen LogP contribution is -2.27. The van der Waals surface area contributed by atoms with Crippen molar-refractivity contribution in [3.63, 3.8) is 0 Å². The first-order valence-electron chi connectivity index (χ1n) is 7.31. The van der Waals surface area contributed by atoms with Crippen LogP contribution in [0.2, 0.25) is 0 Å². The molecule has 0 bridgehead atoms. The summed E-state index contributed by atoms with van der Waals surface area (Å²) < 4.78 is 15.8. The van der Waals surface area contributed by atoms with Gasteiger partial charge in [0, 0.05) is 33.0 Å². The van der Waals surface area contributed by atoms with Crippen molar-refractivity contribution in [1.29, 1.82) is 0 Å². The molecule has 0 aromatic rings. The van der Waals surface area contributed by atoms with Gasteiger partial charge in [-0.05, 0) is 32.2 Å². The fourth-order valence-corrected chi connectivity index (χ4v) is 2.22. The fraction of sp³-hybridized carbons (Fsp3) is 1.00. The van der Waals surface area contributed by atoms with Crippen LogP contribution >= 0.6 is 0 Å². The average Bonchev–Trinajstić information content (AvgIpc) is 2.89. The molecule has 0 amide bonds. The van der Waals surface area contributed by atoms with Gasteiger partial charge in [0.25, 0.3) is 0 Å². The molecular weight excluding hydrogens is 230 g/mol. The Morgan fingerprint density at radius 3 is 2.28 bits per heavy atom. The highest BCUT2D eigenvalue weighted by atomic mass is 16.5. The van der Waals surface area contributed by atoms with Crippen LogP contribution in [-0.4, -0.2) is 52.7 Å². The molecule has 0 atom stereocenters. The van der Waals surface area contributed by atoms with Gasteiger partial charge in [0.05, 0.1) is 13.2 Å². The zero-order valence-corrected chi connectivity index (χ0v) is 11.8. The van der Waals surface area contributed by atoms with Crippen molar-refractivity contribution in [3.8, 4) is 0 Å². The van der Waals surface area contributed by atoms with Crippen molar-refractivity contribution in [3.05, 3.63) is 0 Å². The van der Waals surface area contributed by atoms with Crippen LogP contribution in [0, 0.1) is 0 Å². The van der Waals surface area contributed by atoms with Crippen LogP contribution in [0.1, 0.15) is 38.5 Å². The Morgan fingerprint density at radius 2 is 1.56 bits per heavy atom. The molecule has 0 saturated heterocycles. The Hall–Kier alpha value is -0.160. The van der Waals surface area contributed by atoms with Crippen LogP contribution in [-0.2, 0) is 14.2 Å². The Morgan fingerprint density at radius 1 is 0.889 bits per heavy atom. The second kappa shape index (κ2) is 11.9. The lowest BCUT2D eigenvalue weighted by atomic mass is 10.2. The van der Waals surface area contributed by atoms with Gasteiger partial charge in [0.2, 0.25) is 0 Å². The van der Waals surface area contributed by atoms with Gasteiger partial charge in [-0.2, -0.15) is 0 Å². The van der Waals surface area contributed by atoms with Crippen molar-refractivity contribution >= 4 is 0 Å². The minimum absolute atomic E-state index is 0.674. The maximum Gasteiger partial charge on any atom is 0.0700 e. The van der Waals surface area contributed by atoms with E-state index in [9.17, 15) is 0 Å². The zero-order valence-electron chi connectivity index (χ0n) is 11.8. The second-order valence-corrected chi connectivity index (χ2v) is 4.86. The summed E-state index contributed by atoms with van der Waals surface area (Å²) in [6.07, 6.45) is 7.61. The molecule has 18 heavy (non-hydrogen) atoms. The molecule has 108 valence electrons. The molecule has 4 heteroatoms. The lowest BCUT2D eigenvalue weighted by Gasteiger charge is -2.11. The molecule has 1 saturated carbocycles. The summed E-state index contributed by atoms with van der Waals surface area (Å²) in [5.41, 5.74) is 0. The van der Waals surface area contributed by atoms with Crippen molar-refractivity contribution in [2.24, 2.45) is 0 Å². The van der Waals surface area contributed by atoms with E-state index in [-0.39, 0.29) is 0 Å². The van der Waals surface area contributed by atoms with E-state index in [4.69, 9.17) is 14.2 Å². The van der Waals surface area contributed by atoms with Gasteiger partial charge in [-0.25, -0.2) is 0 Å². The average molecular weight is 259 g/mol. The molecule has 0 unspecified atom stereocenters. The molecule has 1 fully saturated rings. The van der Waals surface area contributed by atoms with E-state index in [0.717, 1.165) is 45.2 Å². The molecular formula is C14H29NO3. The van der Waals surface area contributed by atoms with Crippen LogP contribution in [0.25, 0.3) is 0 Å². The monoisotopic (exact) mass is 259 g/mol. The maximum atomic E-state index is 5.55. The zero-order chi connectivity index (χ0) is 12.9. The van der Waals surface area contributed by atoms with Crippen molar-refractivity contribution < 1.29 is 14.2 Å². The van der Waals surface area contributed by atoms with Gasteiger partial charge in [-0.1, -0.05) is 12.8 Å². The maximum absolute atomic E-state index is 5.55. The summed E-state index contributed by atoms with van der Waals surface area (Å²) in [6, 6.07) is 0.777. The van der Waals surface area contributed by atoms with Gasteiger partial charge < -0.3 is 19.5 Å². The van der Waals surface area contributed by atoms with E-state index >= 15 is 0 Å². The fourth-order valence-electron chi connectivity index (χ4n) is 2.22. The Bertz CT molecular complexity index is 172. The van der Waals surface area contributed by atoms with Crippen molar-refractivity contribution in [1.82, 2.24) is 5.32 Å². The highest BCUT2D eigenvalue weighted by molar-refractivity contribution is 4.72. The van der Waals surface area contributed by atoms with Crippen LogP contribution in [0.4, 0.5) is 0 Å². The summed E-state index contributed by atoms with van der Waals surface area (Å²) >= 11 is 0. The summed E-state index contributed by atoms with van der Waals surface area (Å²) in [6.45, 7) is 4.88. The molecule has 1 N–H and O–H groups in total. The Balaban J connectivity index is 1.68. The number of ether oxygens (including phenoxy) is 3. The summed E-state index contributed by atoms with van der Waals surface area (Å²) in [4.78, 5) is 0. The number of methoxy groups -OCH3 is 1. The quantitative estimate of drug-likeness (QED) is 0.544. The third-order valence-corrected chi connectivity index (χ3v) is 3.26. The van der Waals surface area contributed by atoms with E-state index in [1.54, 1.807) is 7.11 Å². The molecule has 0 radical (unpaired) electrons. The molecule has 0 aromatic heterocycles. The summed E-state index contributed by atoms with van der Waals surface area (Å²) in [5, 5.41) is 3.59. The number of hydrogen-bond acceptors (Lipinski definition) is 4.